The van der Waals surface area contributed by atoms with Crippen LogP contribution in [0.15, 0.2) is 36.4 Å². The number of anilines is 2. The molecule has 0 spiro atoms. The first-order valence-corrected chi connectivity index (χ1v) is 10.2. The summed E-state index contributed by atoms with van der Waals surface area (Å²) in [4.78, 5) is 14.4. The van der Waals surface area contributed by atoms with E-state index in [2.05, 4.69) is 22.1 Å². The Morgan fingerprint density at radius 3 is 2.35 bits per heavy atom. The summed E-state index contributed by atoms with van der Waals surface area (Å²) in [7, 11) is 1.61. The molecule has 166 valence electrons. The van der Waals surface area contributed by atoms with Crippen LogP contribution in [0.25, 0.3) is 0 Å². The van der Waals surface area contributed by atoms with Crippen LogP contribution >= 0.6 is 0 Å². The summed E-state index contributed by atoms with van der Waals surface area (Å²) in [5.74, 6) is 11.4. The molecule has 0 aliphatic rings. The standard InChI is InChI=1S/C23H31N5O3/c1-4-28(5-2)15-18(29)14-26-23(31)17-9-6-16(7-10-17)8-11-19-21(30)13-12-20(24)22(19)27(3)25/h6-7,9-10,12-13,18,29-30H,4-5,14-15,24-25H2,1-3H3,(H,26,31). The Kier molecular flexibility index (Phi) is 8.70. The number of phenolic OH excluding ortho intramolecular Hbond substituents is 1. The number of benzene rings is 2. The quantitative estimate of drug-likeness (QED) is 0.141. The number of aliphatic hydroxyl groups excluding tert-OH is 1. The van der Waals surface area contributed by atoms with Gasteiger partial charge in [-0.2, -0.15) is 0 Å². The highest BCUT2D eigenvalue weighted by atomic mass is 16.3. The SMILES string of the molecule is CCN(CC)CC(O)CNC(=O)c1ccc(C#Cc2c(O)ccc(N)c2N(C)N)cc1. The topological polar surface area (TPSA) is 128 Å². The van der Waals surface area contributed by atoms with E-state index in [0.717, 1.165) is 13.1 Å². The maximum Gasteiger partial charge on any atom is 0.251 e. The molecular weight excluding hydrogens is 394 g/mol. The highest BCUT2D eigenvalue weighted by molar-refractivity contribution is 5.94. The fourth-order valence-corrected chi connectivity index (χ4v) is 3.10. The third-order valence-corrected chi connectivity index (χ3v) is 4.88. The molecule has 8 nitrogen and oxygen atoms in total. The predicted octanol–water partition coefficient (Wildman–Crippen LogP) is 1.12. The lowest BCUT2D eigenvalue weighted by Gasteiger charge is -2.22. The molecule has 1 amide bonds. The molecule has 2 rings (SSSR count). The number of hydrogen-bond acceptors (Lipinski definition) is 7. The van der Waals surface area contributed by atoms with Gasteiger partial charge in [0.05, 0.1) is 23.0 Å². The predicted molar refractivity (Wildman–Crippen MR) is 124 cm³/mol. The van der Waals surface area contributed by atoms with Crippen molar-refractivity contribution in [3.8, 4) is 17.6 Å². The largest absolute Gasteiger partial charge is 0.507 e. The van der Waals surface area contributed by atoms with E-state index < -0.39 is 6.10 Å². The number of rotatable bonds is 8. The molecule has 0 aliphatic carbocycles. The highest BCUT2D eigenvalue weighted by Crippen LogP contribution is 2.31. The van der Waals surface area contributed by atoms with Crippen LogP contribution in [-0.2, 0) is 0 Å². The number of nitrogen functional groups attached to an aromatic ring is 1. The molecule has 0 aromatic heterocycles. The molecule has 31 heavy (non-hydrogen) atoms. The Hall–Kier alpha value is -3.25. The zero-order valence-electron chi connectivity index (χ0n) is 18.2. The van der Waals surface area contributed by atoms with Gasteiger partial charge in [0.1, 0.15) is 5.75 Å². The number of phenols is 1. The molecule has 1 atom stereocenters. The lowest BCUT2D eigenvalue weighted by Crippen LogP contribution is -2.40. The van der Waals surface area contributed by atoms with E-state index in [1.54, 1.807) is 37.4 Å². The summed E-state index contributed by atoms with van der Waals surface area (Å²) >= 11 is 0. The molecule has 0 bridgehead atoms. The van der Waals surface area contributed by atoms with Gasteiger partial charge in [-0.05, 0) is 49.5 Å². The Morgan fingerprint density at radius 2 is 1.77 bits per heavy atom. The minimum atomic E-state index is -0.630. The van der Waals surface area contributed by atoms with Gasteiger partial charge < -0.3 is 31.2 Å². The van der Waals surface area contributed by atoms with Gasteiger partial charge in [-0.25, -0.2) is 5.84 Å². The summed E-state index contributed by atoms with van der Waals surface area (Å²) in [6.07, 6.45) is -0.630. The average Bonchev–Trinajstić information content (AvgIpc) is 2.76. The number of aliphatic hydroxyl groups is 1. The number of nitrogens with zero attached hydrogens (tertiary/aromatic N) is 2. The molecule has 2 aromatic carbocycles. The molecule has 2 aromatic rings. The maximum absolute atomic E-state index is 12.3. The zero-order chi connectivity index (χ0) is 23.0. The molecular formula is C23H31N5O3. The normalized spacial score (nSPS) is 11.5. The maximum atomic E-state index is 12.3. The lowest BCUT2D eigenvalue weighted by molar-refractivity contribution is 0.0869. The molecule has 0 heterocycles. The van der Waals surface area contributed by atoms with Crippen LogP contribution in [-0.4, -0.2) is 60.4 Å². The van der Waals surface area contributed by atoms with E-state index in [4.69, 9.17) is 11.6 Å². The first-order valence-electron chi connectivity index (χ1n) is 10.2. The van der Waals surface area contributed by atoms with Gasteiger partial charge in [0.25, 0.3) is 5.91 Å². The number of carbonyl (C=O) groups is 1. The van der Waals surface area contributed by atoms with Crippen LogP contribution < -0.4 is 21.9 Å². The van der Waals surface area contributed by atoms with Crippen molar-refractivity contribution >= 4 is 17.3 Å². The van der Waals surface area contributed by atoms with E-state index in [9.17, 15) is 15.0 Å². The Morgan fingerprint density at radius 1 is 1.13 bits per heavy atom. The van der Waals surface area contributed by atoms with Crippen molar-refractivity contribution in [1.82, 2.24) is 10.2 Å². The minimum Gasteiger partial charge on any atom is -0.507 e. The molecule has 1 unspecified atom stereocenters. The van der Waals surface area contributed by atoms with Crippen LogP contribution in [0.2, 0.25) is 0 Å². The summed E-state index contributed by atoms with van der Waals surface area (Å²) in [6, 6.07) is 9.77. The first kappa shape index (κ1) is 24.0. The third-order valence-electron chi connectivity index (χ3n) is 4.88. The fourth-order valence-electron chi connectivity index (χ4n) is 3.10. The Balaban J connectivity index is 2.06. The second-order valence-corrected chi connectivity index (χ2v) is 7.19. The van der Waals surface area contributed by atoms with Gasteiger partial charge in [-0.3, -0.25) is 4.79 Å². The number of carbonyl (C=O) groups excluding carboxylic acids is 1. The Labute approximate surface area is 183 Å². The fraction of sp³-hybridized carbons (Fsp3) is 0.348. The summed E-state index contributed by atoms with van der Waals surface area (Å²) < 4.78 is 0. The van der Waals surface area contributed by atoms with Crippen LogP contribution in [0, 0.1) is 11.8 Å². The molecule has 0 aliphatic heterocycles. The van der Waals surface area contributed by atoms with Gasteiger partial charge in [-0.15, -0.1) is 0 Å². The van der Waals surface area contributed by atoms with Crippen molar-refractivity contribution in [3.63, 3.8) is 0 Å². The van der Waals surface area contributed by atoms with Gasteiger partial charge in [0.15, 0.2) is 0 Å². The van der Waals surface area contributed by atoms with E-state index in [-0.39, 0.29) is 18.2 Å². The number of amides is 1. The number of hydrogen-bond donors (Lipinski definition) is 5. The Bertz CT molecular complexity index is 944. The van der Waals surface area contributed by atoms with Crippen molar-refractivity contribution in [2.45, 2.75) is 20.0 Å². The van der Waals surface area contributed by atoms with E-state index >= 15 is 0 Å². The van der Waals surface area contributed by atoms with Crippen molar-refractivity contribution < 1.29 is 15.0 Å². The van der Waals surface area contributed by atoms with Crippen LogP contribution in [0.4, 0.5) is 11.4 Å². The molecule has 0 fully saturated rings. The first-order chi connectivity index (χ1) is 14.8. The molecule has 8 heteroatoms. The lowest BCUT2D eigenvalue weighted by atomic mass is 10.1. The van der Waals surface area contributed by atoms with Crippen molar-refractivity contribution in [2.24, 2.45) is 5.84 Å². The van der Waals surface area contributed by atoms with E-state index in [1.807, 2.05) is 13.8 Å². The van der Waals surface area contributed by atoms with Gasteiger partial charge in [0.2, 0.25) is 0 Å². The average molecular weight is 426 g/mol. The van der Waals surface area contributed by atoms with Crippen molar-refractivity contribution in [2.75, 3.05) is 44.0 Å². The number of nitrogens with two attached hydrogens (primary N) is 2. The van der Waals surface area contributed by atoms with Crippen LogP contribution in [0.3, 0.4) is 0 Å². The molecule has 7 N–H and O–H groups in total. The van der Waals surface area contributed by atoms with Gasteiger partial charge in [0, 0.05) is 31.3 Å². The highest BCUT2D eigenvalue weighted by Gasteiger charge is 2.13. The number of nitrogens with one attached hydrogen (secondary N) is 1. The number of hydrazine groups is 1. The summed E-state index contributed by atoms with van der Waals surface area (Å²) in [6.45, 7) is 6.45. The summed E-state index contributed by atoms with van der Waals surface area (Å²) in [5, 5.41) is 24.3. The van der Waals surface area contributed by atoms with Crippen LogP contribution in [0.1, 0.15) is 35.3 Å². The second kappa shape index (κ2) is 11.2. The molecule has 0 saturated carbocycles. The van der Waals surface area contributed by atoms with Crippen molar-refractivity contribution in [3.05, 3.63) is 53.1 Å². The second-order valence-electron chi connectivity index (χ2n) is 7.19. The number of aromatic hydroxyl groups is 1. The smallest absolute Gasteiger partial charge is 0.251 e. The zero-order valence-corrected chi connectivity index (χ0v) is 18.2. The van der Waals surface area contributed by atoms with E-state index in [0.29, 0.717) is 34.6 Å². The molecule has 0 saturated heterocycles. The molecule has 0 radical (unpaired) electrons. The summed E-state index contributed by atoms with van der Waals surface area (Å²) in [5.41, 5.74) is 8.23. The third kappa shape index (κ3) is 6.62. The van der Waals surface area contributed by atoms with Crippen LogP contribution in [0.5, 0.6) is 5.75 Å². The van der Waals surface area contributed by atoms with Gasteiger partial charge >= 0.3 is 0 Å². The van der Waals surface area contributed by atoms with Crippen molar-refractivity contribution in [1.29, 1.82) is 0 Å². The van der Waals surface area contributed by atoms with Gasteiger partial charge in [-0.1, -0.05) is 25.7 Å². The number of likely N-dealkylation sites (N-methyl/N-ethyl adjacent to an activating group) is 1. The van der Waals surface area contributed by atoms with E-state index in [1.165, 1.54) is 11.1 Å². The monoisotopic (exact) mass is 425 g/mol. The minimum absolute atomic E-state index is 0.0201.